The minimum atomic E-state index is -0.269. The van der Waals surface area contributed by atoms with Gasteiger partial charge in [0.2, 0.25) is 0 Å². The summed E-state index contributed by atoms with van der Waals surface area (Å²) in [5.41, 5.74) is 1.68. The Balaban J connectivity index is 2.13. The van der Waals surface area contributed by atoms with Crippen molar-refractivity contribution in [1.29, 1.82) is 0 Å². The first-order valence-electron chi connectivity index (χ1n) is 6.39. The smallest absolute Gasteiger partial charge is 0.338 e. The van der Waals surface area contributed by atoms with Crippen LogP contribution in [0.4, 0.5) is 0 Å². The first-order valence-corrected chi connectivity index (χ1v) is 6.39. The zero-order valence-electron chi connectivity index (χ0n) is 11.2. The highest BCUT2D eigenvalue weighted by Gasteiger charge is 2.10. The van der Waals surface area contributed by atoms with E-state index in [2.05, 4.69) is 4.57 Å². The van der Waals surface area contributed by atoms with E-state index in [1.165, 1.54) is 0 Å². The summed E-state index contributed by atoms with van der Waals surface area (Å²) in [7, 11) is 0. The van der Waals surface area contributed by atoms with E-state index in [1.54, 1.807) is 6.07 Å². The summed E-state index contributed by atoms with van der Waals surface area (Å²) in [6.45, 7) is 4.44. The van der Waals surface area contributed by atoms with Crippen LogP contribution in [-0.2, 0) is 11.3 Å². The third-order valence-corrected chi connectivity index (χ3v) is 2.65. The maximum atomic E-state index is 11.8. The van der Waals surface area contributed by atoms with Crippen LogP contribution in [0, 0.1) is 0 Å². The maximum absolute atomic E-state index is 11.8. The van der Waals surface area contributed by atoms with Gasteiger partial charge >= 0.3 is 5.97 Å². The predicted octanol–water partition coefficient (Wildman–Crippen LogP) is 2.59. The van der Waals surface area contributed by atoms with Crippen molar-refractivity contribution in [3.05, 3.63) is 66.0 Å². The van der Waals surface area contributed by atoms with Gasteiger partial charge < -0.3 is 4.74 Å². The zero-order valence-corrected chi connectivity index (χ0v) is 11.2. The van der Waals surface area contributed by atoms with E-state index in [1.807, 2.05) is 62.6 Å². The monoisotopic (exact) mass is 256 g/mol. The molecular weight excluding hydrogens is 238 g/mol. The zero-order chi connectivity index (χ0) is 13.7. The summed E-state index contributed by atoms with van der Waals surface area (Å²) >= 11 is 0. The van der Waals surface area contributed by atoms with Crippen LogP contribution >= 0.6 is 0 Å². The van der Waals surface area contributed by atoms with Crippen LogP contribution in [-0.4, -0.2) is 12.1 Å². The predicted molar refractivity (Wildman–Crippen MR) is 72.7 cm³/mol. The molecule has 3 nitrogen and oxygen atoms in total. The van der Waals surface area contributed by atoms with Crippen molar-refractivity contribution in [3.63, 3.8) is 0 Å². The number of hydrogen-bond acceptors (Lipinski definition) is 2. The standard InChI is InChI=1S/C16H18NO2/c1-13(2)19-16(18)15-8-6-7-14(11-15)12-17-9-4-3-5-10-17/h3-11,13H,12H2,1-2H3/q+1. The van der Waals surface area contributed by atoms with E-state index in [0.29, 0.717) is 5.56 Å². The van der Waals surface area contributed by atoms with Crippen molar-refractivity contribution in [3.8, 4) is 0 Å². The molecular formula is C16H18NO2+. The van der Waals surface area contributed by atoms with Crippen molar-refractivity contribution in [2.24, 2.45) is 0 Å². The molecule has 98 valence electrons. The summed E-state index contributed by atoms with van der Waals surface area (Å²) in [6, 6.07) is 13.5. The van der Waals surface area contributed by atoms with Gasteiger partial charge in [-0.3, -0.25) is 0 Å². The first-order chi connectivity index (χ1) is 9.15. The fraction of sp³-hybridized carbons (Fsp3) is 0.250. The van der Waals surface area contributed by atoms with Crippen LogP contribution in [0.5, 0.6) is 0 Å². The number of carbonyl (C=O) groups excluding carboxylic acids is 1. The van der Waals surface area contributed by atoms with Gasteiger partial charge in [0.05, 0.1) is 11.7 Å². The molecule has 0 radical (unpaired) electrons. The van der Waals surface area contributed by atoms with Gasteiger partial charge in [0.15, 0.2) is 18.9 Å². The molecule has 0 unspecified atom stereocenters. The van der Waals surface area contributed by atoms with Gasteiger partial charge in [-0.25, -0.2) is 9.36 Å². The number of esters is 1. The molecule has 0 spiro atoms. The Bertz CT molecular complexity index is 550. The van der Waals surface area contributed by atoms with Crippen LogP contribution in [0.3, 0.4) is 0 Å². The number of aromatic nitrogens is 1. The molecule has 0 aliphatic heterocycles. The molecule has 0 amide bonds. The summed E-state index contributed by atoms with van der Waals surface area (Å²) < 4.78 is 7.26. The van der Waals surface area contributed by atoms with E-state index in [0.717, 1.165) is 12.1 Å². The molecule has 0 saturated heterocycles. The Kier molecular flexibility index (Phi) is 4.29. The Morgan fingerprint density at radius 1 is 1.16 bits per heavy atom. The van der Waals surface area contributed by atoms with Gasteiger partial charge in [-0.05, 0) is 26.0 Å². The van der Waals surface area contributed by atoms with Crippen molar-refractivity contribution in [2.45, 2.75) is 26.5 Å². The Morgan fingerprint density at radius 2 is 1.89 bits per heavy atom. The van der Waals surface area contributed by atoms with Crippen LogP contribution in [0.15, 0.2) is 54.9 Å². The number of hydrogen-bond donors (Lipinski definition) is 0. The molecule has 3 heteroatoms. The van der Waals surface area contributed by atoms with Crippen molar-refractivity contribution >= 4 is 5.97 Å². The number of ether oxygens (including phenoxy) is 1. The van der Waals surface area contributed by atoms with E-state index < -0.39 is 0 Å². The summed E-state index contributed by atoms with van der Waals surface area (Å²) in [4.78, 5) is 11.8. The summed E-state index contributed by atoms with van der Waals surface area (Å²) in [5.74, 6) is -0.269. The highest BCUT2D eigenvalue weighted by molar-refractivity contribution is 5.89. The molecule has 1 heterocycles. The molecule has 0 saturated carbocycles. The van der Waals surface area contributed by atoms with E-state index in [-0.39, 0.29) is 12.1 Å². The minimum Gasteiger partial charge on any atom is -0.459 e. The fourth-order valence-electron chi connectivity index (χ4n) is 1.83. The summed E-state index contributed by atoms with van der Waals surface area (Å²) in [6.07, 6.45) is 3.90. The van der Waals surface area contributed by atoms with Crippen molar-refractivity contribution in [1.82, 2.24) is 0 Å². The van der Waals surface area contributed by atoms with Crippen LogP contribution in [0.1, 0.15) is 29.8 Å². The largest absolute Gasteiger partial charge is 0.459 e. The lowest BCUT2D eigenvalue weighted by atomic mass is 10.1. The quantitative estimate of drug-likeness (QED) is 0.621. The molecule has 0 aliphatic rings. The van der Waals surface area contributed by atoms with Crippen molar-refractivity contribution in [2.75, 3.05) is 0 Å². The maximum Gasteiger partial charge on any atom is 0.338 e. The second-order valence-corrected chi connectivity index (χ2v) is 4.70. The molecule has 1 aromatic carbocycles. The van der Waals surface area contributed by atoms with Gasteiger partial charge in [-0.15, -0.1) is 0 Å². The average Bonchev–Trinajstić information content (AvgIpc) is 2.39. The van der Waals surface area contributed by atoms with Crippen LogP contribution in [0.25, 0.3) is 0 Å². The lowest BCUT2D eigenvalue weighted by Crippen LogP contribution is -2.32. The lowest BCUT2D eigenvalue weighted by molar-refractivity contribution is -0.688. The molecule has 0 aliphatic carbocycles. The topological polar surface area (TPSA) is 30.2 Å². The number of carbonyl (C=O) groups is 1. The van der Waals surface area contributed by atoms with E-state index in [9.17, 15) is 4.79 Å². The number of pyridine rings is 1. The van der Waals surface area contributed by atoms with Gasteiger partial charge in [-0.2, -0.15) is 0 Å². The second-order valence-electron chi connectivity index (χ2n) is 4.70. The molecule has 0 atom stereocenters. The van der Waals surface area contributed by atoms with Crippen LogP contribution in [0.2, 0.25) is 0 Å². The fourth-order valence-corrected chi connectivity index (χ4v) is 1.83. The minimum absolute atomic E-state index is 0.0975. The molecule has 0 bridgehead atoms. The normalized spacial score (nSPS) is 10.5. The van der Waals surface area contributed by atoms with Crippen LogP contribution < -0.4 is 4.57 Å². The van der Waals surface area contributed by atoms with Gasteiger partial charge in [-0.1, -0.05) is 18.2 Å². The molecule has 2 rings (SSSR count). The summed E-state index contributed by atoms with van der Waals surface area (Å²) in [5, 5.41) is 0. The molecule has 19 heavy (non-hydrogen) atoms. The molecule has 0 fully saturated rings. The highest BCUT2D eigenvalue weighted by atomic mass is 16.5. The average molecular weight is 256 g/mol. The Morgan fingerprint density at radius 3 is 2.58 bits per heavy atom. The Hall–Kier alpha value is -2.16. The lowest BCUT2D eigenvalue weighted by Gasteiger charge is -2.08. The van der Waals surface area contributed by atoms with Crippen molar-refractivity contribution < 1.29 is 14.1 Å². The number of benzene rings is 1. The molecule has 2 aromatic rings. The number of rotatable bonds is 4. The highest BCUT2D eigenvalue weighted by Crippen LogP contribution is 2.08. The van der Waals surface area contributed by atoms with Gasteiger partial charge in [0.1, 0.15) is 0 Å². The third-order valence-electron chi connectivity index (χ3n) is 2.65. The first kappa shape index (κ1) is 13.3. The number of nitrogens with zero attached hydrogens (tertiary/aromatic N) is 1. The molecule has 0 N–H and O–H groups in total. The van der Waals surface area contributed by atoms with E-state index in [4.69, 9.17) is 4.74 Å². The van der Waals surface area contributed by atoms with E-state index >= 15 is 0 Å². The third kappa shape index (κ3) is 3.91. The molecule has 1 aromatic heterocycles. The Labute approximate surface area is 113 Å². The second kappa shape index (κ2) is 6.14. The van der Waals surface area contributed by atoms with Gasteiger partial charge in [0.25, 0.3) is 0 Å². The SMILES string of the molecule is CC(C)OC(=O)c1cccc(C[n+]2ccccc2)c1. The van der Waals surface area contributed by atoms with Gasteiger partial charge in [0, 0.05) is 17.7 Å².